The Morgan fingerprint density at radius 1 is 0.915 bits per heavy atom. The van der Waals surface area contributed by atoms with E-state index in [1.54, 1.807) is 35.6 Å². The maximum atomic E-state index is 13.8. The van der Waals surface area contributed by atoms with Gasteiger partial charge in [-0.1, -0.05) is 81.5 Å². The highest BCUT2D eigenvalue weighted by Crippen LogP contribution is 2.31. The number of nitrogens with zero attached hydrogens (tertiary/aromatic N) is 1. The standard InChI is InChI=1S/C37H37N3O5S2/c1-37(2,3)21-20-25-8-12-27(13-9-25)31(24-26-10-14-28(15-11-26)34(41)38-22-23-47(43,44)45)35(42)39-30-18-16-29(17-19-30)36-40-32-6-4-5-7-33(32)46-36/h4-21,31H,22-24H2,1-3H3,(H,38,41)(H,39,42)(H,43,44,45)/b21-20+. The van der Waals surface area contributed by atoms with E-state index in [2.05, 4.69) is 49.6 Å². The Morgan fingerprint density at radius 3 is 2.23 bits per heavy atom. The van der Waals surface area contributed by atoms with Crippen molar-refractivity contribution in [1.29, 1.82) is 0 Å². The summed E-state index contributed by atoms with van der Waals surface area (Å²) in [5.74, 6) is -1.71. The number of nitrogens with one attached hydrogen (secondary N) is 2. The van der Waals surface area contributed by atoms with Gasteiger partial charge in [-0.15, -0.1) is 11.3 Å². The lowest BCUT2D eigenvalue weighted by atomic mass is 9.89. The summed E-state index contributed by atoms with van der Waals surface area (Å²) in [6.07, 6.45) is 4.60. The Hall–Kier alpha value is -4.64. The molecule has 47 heavy (non-hydrogen) atoms. The molecule has 0 fully saturated rings. The smallest absolute Gasteiger partial charge is 0.266 e. The maximum absolute atomic E-state index is 13.8. The van der Waals surface area contributed by atoms with Crippen molar-refractivity contribution in [1.82, 2.24) is 10.3 Å². The topological polar surface area (TPSA) is 125 Å². The first-order chi connectivity index (χ1) is 22.3. The number of thiazole rings is 1. The number of fused-ring (bicyclic) bond motifs is 1. The zero-order valence-electron chi connectivity index (χ0n) is 26.4. The van der Waals surface area contributed by atoms with Gasteiger partial charge in [0.25, 0.3) is 16.0 Å². The third kappa shape index (κ3) is 9.68. The highest BCUT2D eigenvalue weighted by atomic mass is 32.2. The Morgan fingerprint density at radius 2 is 1.60 bits per heavy atom. The van der Waals surface area contributed by atoms with Crippen molar-refractivity contribution >= 4 is 55.2 Å². The zero-order chi connectivity index (χ0) is 33.6. The molecule has 0 spiro atoms. The van der Waals surface area contributed by atoms with Gasteiger partial charge in [0.1, 0.15) is 5.01 Å². The van der Waals surface area contributed by atoms with E-state index in [0.29, 0.717) is 17.7 Å². The van der Waals surface area contributed by atoms with Crippen molar-refractivity contribution in [3.05, 3.63) is 125 Å². The SMILES string of the molecule is CC(C)(C)/C=C/c1ccc(C(Cc2ccc(C(=O)NCCS(=O)(=O)O)cc2)C(=O)Nc2ccc(-c3nc4ccccc4s3)cc2)cc1. The summed E-state index contributed by atoms with van der Waals surface area (Å²) in [4.78, 5) is 31.0. The highest BCUT2D eigenvalue weighted by Gasteiger charge is 2.22. The molecular weight excluding hydrogens is 631 g/mol. The van der Waals surface area contributed by atoms with Crippen LogP contribution in [0.5, 0.6) is 0 Å². The molecule has 1 heterocycles. The first-order valence-electron chi connectivity index (χ1n) is 15.2. The Balaban J connectivity index is 1.33. The van der Waals surface area contributed by atoms with Gasteiger partial charge in [0.05, 0.1) is 21.9 Å². The van der Waals surface area contributed by atoms with Crippen LogP contribution in [0.1, 0.15) is 53.7 Å². The molecule has 0 bridgehead atoms. The van der Waals surface area contributed by atoms with Gasteiger partial charge in [0, 0.05) is 23.4 Å². The molecule has 242 valence electrons. The number of carbonyl (C=O) groups excluding carboxylic acids is 2. The molecule has 10 heteroatoms. The molecule has 0 aliphatic rings. The summed E-state index contributed by atoms with van der Waals surface area (Å²) in [6, 6.07) is 30.5. The van der Waals surface area contributed by atoms with Crippen LogP contribution in [0, 0.1) is 5.41 Å². The van der Waals surface area contributed by atoms with Crippen molar-refractivity contribution in [2.24, 2.45) is 5.41 Å². The first-order valence-corrected chi connectivity index (χ1v) is 17.6. The van der Waals surface area contributed by atoms with Crippen LogP contribution in [0.15, 0.2) is 103 Å². The number of allylic oxidation sites excluding steroid dienone is 1. The largest absolute Gasteiger partial charge is 0.351 e. The van der Waals surface area contributed by atoms with Gasteiger partial charge in [-0.2, -0.15) is 8.42 Å². The van der Waals surface area contributed by atoms with Crippen LogP contribution in [-0.4, -0.2) is 42.1 Å². The number of anilines is 1. The molecular formula is C37H37N3O5S2. The Kier molecular flexibility index (Phi) is 10.3. The second-order valence-corrected chi connectivity index (χ2v) is 15.0. The number of amides is 2. The van der Waals surface area contributed by atoms with Crippen LogP contribution in [0.25, 0.3) is 26.9 Å². The Labute approximate surface area is 279 Å². The average Bonchev–Trinajstić information content (AvgIpc) is 3.47. The van der Waals surface area contributed by atoms with Gasteiger partial charge < -0.3 is 10.6 Å². The summed E-state index contributed by atoms with van der Waals surface area (Å²) in [6.45, 7) is 6.21. The van der Waals surface area contributed by atoms with Crippen LogP contribution in [0.2, 0.25) is 0 Å². The van der Waals surface area contributed by atoms with Crippen LogP contribution in [-0.2, 0) is 21.3 Å². The summed E-state index contributed by atoms with van der Waals surface area (Å²) >= 11 is 1.62. The first kappa shape index (κ1) is 33.7. The number of benzene rings is 4. The zero-order valence-corrected chi connectivity index (χ0v) is 28.1. The minimum absolute atomic E-state index is 0.0449. The van der Waals surface area contributed by atoms with Crippen molar-refractivity contribution in [2.45, 2.75) is 33.1 Å². The summed E-state index contributed by atoms with van der Waals surface area (Å²) in [5.41, 5.74) is 5.73. The molecule has 2 amide bonds. The van der Waals surface area contributed by atoms with Gasteiger partial charge in [0.2, 0.25) is 5.91 Å². The van der Waals surface area contributed by atoms with Gasteiger partial charge >= 0.3 is 0 Å². The summed E-state index contributed by atoms with van der Waals surface area (Å²) < 4.78 is 31.9. The van der Waals surface area contributed by atoms with Gasteiger partial charge in [-0.3, -0.25) is 14.1 Å². The van der Waals surface area contributed by atoms with Crippen LogP contribution in [0.4, 0.5) is 5.69 Å². The molecule has 1 atom stereocenters. The fourth-order valence-electron chi connectivity index (χ4n) is 4.89. The number of hydrogen-bond acceptors (Lipinski definition) is 6. The van der Waals surface area contributed by atoms with Crippen LogP contribution < -0.4 is 10.6 Å². The molecule has 3 N–H and O–H groups in total. The molecule has 0 saturated heterocycles. The maximum Gasteiger partial charge on any atom is 0.266 e. The van der Waals surface area contributed by atoms with Crippen molar-refractivity contribution in [3.63, 3.8) is 0 Å². The molecule has 8 nitrogen and oxygen atoms in total. The number of aromatic nitrogens is 1. The van der Waals surface area contributed by atoms with Gasteiger partial charge in [-0.25, -0.2) is 4.98 Å². The molecule has 1 aromatic heterocycles. The van der Waals surface area contributed by atoms with Gasteiger partial charge in [-0.05, 0) is 77.1 Å². The fourth-order valence-corrected chi connectivity index (χ4v) is 6.22. The summed E-state index contributed by atoms with van der Waals surface area (Å²) in [7, 11) is -4.17. The molecule has 0 aliphatic carbocycles. The van der Waals surface area contributed by atoms with Crippen LogP contribution >= 0.6 is 11.3 Å². The lowest BCUT2D eigenvalue weighted by Crippen LogP contribution is -2.28. The predicted molar refractivity (Wildman–Crippen MR) is 190 cm³/mol. The van der Waals surface area contributed by atoms with E-state index < -0.39 is 27.7 Å². The molecule has 0 radical (unpaired) electrons. The molecule has 5 rings (SSSR count). The number of carbonyl (C=O) groups is 2. The summed E-state index contributed by atoms with van der Waals surface area (Å²) in [5, 5.41) is 6.48. The van der Waals surface area contributed by atoms with E-state index in [-0.39, 0.29) is 17.9 Å². The van der Waals surface area contributed by atoms with E-state index in [1.807, 2.05) is 66.7 Å². The molecule has 5 aromatic rings. The second kappa shape index (κ2) is 14.4. The average molecular weight is 668 g/mol. The van der Waals surface area contributed by atoms with Crippen molar-refractivity contribution < 1.29 is 22.6 Å². The monoisotopic (exact) mass is 667 g/mol. The number of hydrogen-bond donors (Lipinski definition) is 3. The van der Waals surface area contributed by atoms with Crippen LogP contribution in [0.3, 0.4) is 0 Å². The van der Waals surface area contributed by atoms with E-state index >= 15 is 0 Å². The molecule has 0 saturated carbocycles. The molecule has 4 aromatic carbocycles. The lowest BCUT2D eigenvalue weighted by molar-refractivity contribution is -0.117. The van der Waals surface area contributed by atoms with Crippen molar-refractivity contribution in [2.75, 3.05) is 17.6 Å². The van der Waals surface area contributed by atoms with E-state index in [9.17, 15) is 18.0 Å². The number of para-hydroxylation sites is 1. The normalized spacial score (nSPS) is 12.7. The highest BCUT2D eigenvalue weighted by molar-refractivity contribution is 7.85. The number of rotatable bonds is 11. The molecule has 1 unspecified atom stereocenters. The van der Waals surface area contributed by atoms with Crippen molar-refractivity contribution in [3.8, 4) is 10.6 Å². The third-order valence-corrected chi connectivity index (χ3v) is 9.23. The third-order valence-electron chi connectivity index (χ3n) is 7.43. The molecule has 0 aliphatic heterocycles. The minimum atomic E-state index is -4.17. The minimum Gasteiger partial charge on any atom is -0.351 e. The predicted octanol–water partition coefficient (Wildman–Crippen LogP) is 7.61. The van der Waals surface area contributed by atoms with E-state index in [4.69, 9.17) is 9.54 Å². The lowest BCUT2D eigenvalue weighted by Gasteiger charge is -2.18. The van der Waals surface area contributed by atoms with E-state index in [1.165, 1.54) is 0 Å². The van der Waals surface area contributed by atoms with E-state index in [0.717, 1.165) is 37.5 Å². The Bertz CT molecular complexity index is 1960. The van der Waals surface area contributed by atoms with Gasteiger partial charge in [0.15, 0.2) is 0 Å². The quantitative estimate of drug-likeness (QED) is 0.125. The fraction of sp³-hybridized carbons (Fsp3) is 0.216. The second-order valence-electron chi connectivity index (χ2n) is 12.4.